The largest absolute Gasteiger partial charge is 0.397 e. The highest BCUT2D eigenvalue weighted by atomic mass is 15.1. The van der Waals surface area contributed by atoms with Crippen molar-refractivity contribution >= 4 is 22.3 Å². The summed E-state index contributed by atoms with van der Waals surface area (Å²) in [7, 11) is 2.16. The van der Waals surface area contributed by atoms with Gasteiger partial charge in [0.15, 0.2) is 0 Å². The van der Waals surface area contributed by atoms with E-state index in [9.17, 15) is 0 Å². The SMILES string of the molecule is CC1CCCC(N(C)c2cc3[nH]ncc3cc2N)C1. The lowest BCUT2D eigenvalue weighted by molar-refractivity contribution is 0.336. The summed E-state index contributed by atoms with van der Waals surface area (Å²) in [5.41, 5.74) is 9.22. The molecular weight excluding hydrogens is 236 g/mol. The lowest BCUT2D eigenvalue weighted by Crippen LogP contribution is -2.35. The molecule has 0 saturated heterocycles. The summed E-state index contributed by atoms with van der Waals surface area (Å²) in [4.78, 5) is 2.35. The molecule has 4 nitrogen and oxygen atoms in total. The fourth-order valence-electron chi connectivity index (χ4n) is 3.25. The Morgan fingerprint density at radius 2 is 2.21 bits per heavy atom. The number of hydrogen-bond donors (Lipinski definition) is 2. The van der Waals surface area contributed by atoms with Gasteiger partial charge in [-0.15, -0.1) is 0 Å². The molecule has 3 rings (SSSR count). The van der Waals surface area contributed by atoms with Gasteiger partial charge in [-0.05, 0) is 30.9 Å². The minimum absolute atomic E-state index is 0.603. The average Bonchev–Trinajstić information content (AvgIpc) is 2.84. The van der Waals surface area contributed by atoms with Gasteiger partial charge in [-0.1, -0.05) is 19.8 Å². The van der Waals surface area contributed by atoms with E-state index in [2.05, 4.69) is 35.1 Å². The van der Waals surface area contributed by atoms with Crippen LogP contribution in [0.3, 0.4) is 0 Å². The lowest BCUT2D eigenvalue weighted by atomic mass is 9.86. The quantitative estimate of drug-likeness (QED) is 0.813. The number of aromatic nitrogens is 2. The molecule has 1 saturated carbocycles. The summed E-state index contributed by atoms with van der Waals surface area (Å²) in [5.74, 6) is 0.818. The Morgan fingerprint density at radius 1 is 1.37 bits per heavy atom. The molecule has 19 heavy (non-hydrogen) atoms. The van der Waals surface area contributed by atoms with Gasteiger partial charge in [0, 0.05) is 18.5 Å². The predicted octanol–water partition coefficient (Wildman–Crippen LogP) is 3.16. The van der Waals surface area contributed by atoms with Crippen molar-refractivity contribution in [2.45, 2.75) is 38.6 Å². The Balaban J connectivity index is 1.91. The Hall–Kier alpha value is -1.71. The molecule has 1 aromatic carbocycles. The van der Waals surface area contributed by atoms with E-state index in [4.69, 9.17) is 5.73 Å². The van der Waals surface area contributed by atoms with E-state index >= 15 is 0 Å². The van der Waals surface area contributed by atoms with Crippen molar-refractivity contribution in [2.24, 2.45) is 5.92 Å². The first kappa shape index (κ1) is 12.3. The Bertz CT molecular complexity index is 575. The van der Waals surface area contributed by atoms with Gasteiger partial charge in [0.2, 0.25) is 0 Å². The van der Waals surface area contributed by atoms with Crippen LogP contribution < -0.4 is 10.6 Å². The van der Waals surface area contributed by atoms with Gasteiger partial charge in [-0.25, -0.2) is 0 Å². The van der Waals surface area contributed by atoms with Crippen LogP contribution in [0.4, 0.5) is 11.4 Å². The van der Waals surface area contributed by atoms with Crippen LogP contribution in [0.15, 0.2) is 18.3 Å². The van der Waals surface area contributed by atoms with Crippen LogP contribution in [-0.4, -0.2) is 23.3 Å². The third-order valence-electron chi connectivity index (χ3n) is 4.42. The van der Waals surface area contributed by atoms with Crippen LogP contribution in [0.2, 0.25) is 0 Å². The highest BCUT2D eigenvalue weighted by molar-refractivity contribution is 5.88. The standard InChI is InChI=1S/C15H22N4/c1-10-4-3-5-12(6-10)19(2)15-8-14-11(7-13(15)16)9-17-18-14/h7-10,12H,3-6,16H2,1-2H3,(H,17,18). The van der Waals surface area contributed by atoms with Crippen LogP contribution in [0, 0.1) is 5.92 Å². The zero-order valence-electron chi connectivity index (χ0n) is 11.7. The maximum Gasteiger partial charge on any atom is 0.0672 e. The Morgan fingerprint density at radius 3 is 3.00 bits per heavy atom. The van der Waals surface area contributed by atoms with E-state index in [-0.39, 0.29) is 0 Å². The number of anilines is 2. The molecule has 2 aromatic rings. The summed E-state index contributed by atoms with van der Waals surface area (Å²) in [6, 6.07) is 4.74. The van der Waals surface area contributed by atoms with E-state index in [1.807, 2.05) is 12.3 Å². The number of hydrogen-bond acceptors (Lipinski definition) is 3. The second-order valence-corrected chi connectivity index (χ2v) is 5.90. The van der Waals surface area contributed by atoms with Gasteiger partial charge >= 0.3 is 0 Å². The monoisotopic (exact) mass is 258 g/mol. The molecule has 0 radical (unpaired) electrons. The third-order valence-corrected chi connectivity index (χ3v) is 4.42. The maximum absolute atomic E-state index is 6.20. The van der Waals surface area contributed by atoms with Crippen molar-refractivity contribution < 1.29 is 0 Å². The first-order valence-corrected chi connectivity index (χ1v) is 7.10. The molecular formula is C15H22N4. The Kier molecular flexibility index (Phi) is 3.09. The number of rotatable bonds is 2. The summed E-state index contributed by atoms with van der Waals surface area (Å²) >= 11 is 0. The molecule has 1 aromatic heterocycles. The van der Waals surface area contributed by atoms with Gasteiger partial charge in [0.25, 0.3) is 0 Å². The first-order chi connectivity index (χ1) is 9.15. The molecule has 0 amide bonds. The van der Waals surface area contributed by atoms with Gasteiger partial charge in [0.05, 0.1) is 23.1 Å². The van der Waals surface area contributed by atoms with E-state index in [0.29, 0.717) is 6.04 Å². The number of nitrogens with two attached hydrogens (primary N) is 1. The number of aromatic amines is 1. The second-order valence-electron chi connectivity index (χ2n) is 5.90. The molecule has 2 unspecified atom stereocenters. The molecule has 1 aliphatic carbocycles. The minimum Gasteiger partial charge on any atom is -0.397 e. The van der Waals surface area contributed by atoms with E-state index in [0.717, 1.165) is 28.2 Å². The molecule has 4 heteroatoms. The van der Waals surface area contributed by atoms with Crippen LogP contribution in [-0.2, 0) is 0 Å². The van der Waals surface area contributed by atoms with Crippen LogP contribution in [0.25, 0.3) is 10.9 Å². The second kappa shape index (κ2) is 4.76. The van der Waals surface area contributed by atoms with Gasteiger partial charge in [-0.2, -0.15) is 5.10 Å². The maximum atomic E-state index is 6.20. The lowest BCUT2D eigenvalue weighted by Gasteiger charge is -2.36. The summed E-state index contributed by atoms with van der Waals surface area (Å²) in [6.45, 7) is 2.35. The fraction of sp³-hybridized carbons (Fsp3) is 0.533. The normalized spacial score (nSPS) is 23.7. The summed E-state index contributed by atoms with van der Waals surface area (Å²) in [5, 5.41) is 8.17. The molecule has 1 heterocycles. The highest BCUT2D eigenvalue weighted by Crippen LogP contribution is 2.33. The first-order valence-electron chi connectivity index (χ1n) is 7.10. The van der Waals surface area contributed by atoms with Gasteiger partial charge in [0.1, 0.15) is 0 Å². The number of nitrogen functional groups attached to an aromatic ring is 1. The number of H-pyrrole nitrogens is 1. The van der Waals surface area contributed by atoms with Crippen molar-refractivity contribution in [3.05, 3.63) is 18.3 Å². The molecule has 1 aliphatic rings. The third kappa shape index (κ3) is 2.27. The van der Waals surface area contributed by atoms with Crippen LogP contribution in [0.1, 0.15) is 32.6 Å². The van der Waals surface area contributed by atoms with Crippen LogP contribution in [0.5, 0.6) is 0 Å². The number of fused-ring (bicyclic) bond motifs is 1. The molecule has 0 aliphatic heterocycles. The van der Waals surface area contributed by atoms with E-state index in [1.54, 1.807) is 0 Å². The highest BCUT2D eigenvalue weighted by Gasteiger charge is 2.23. The van der Waals surface area contributed by atoms with Crippen molar-refractivity contribution in [3.8, 4) is 0 Å². The Labute approximate surface area is 114 Å². The molecule has 2 atom stereocenters. The number of nitrogens with one attached hydrogen (secondary N) is 1. The zero-order chi connectivity index (χ0) is 13.4. The average molecular weight is 258 g/mol. The molecule has 102 valence electrons. The van der Waals surface area contributed by atoms with Gasteiger partial charge < -0.3 is 10.6 Å². The minimum atomic E-state index is 0.603. The van der Waals surface area contributed by atoms with Gasteiger partial charge in [-0.3, -0.25) is 5.10 Å². The van der Waals surface area contributed by atoms with Crippen molar-refractivity contribution in [1.82, 2.24) is 10.2 Å². The molecule has 0 bridgehead atoms. The molecule has 1 fully saturated rings. The number of nitrogens with zero attached hydrogens (tertiary/aromatic N) is 2. The van der Waals surface area contributed by atoms with Crippen molar-refractivity contribution in [3.63, 3.8) is 0 Å². The number of benzene rings is 1. The summed E-state index contributed by atoms with van der Waals surface area (Å²) < 4.78 is 0. The summed E-state index contributed by atoms with van der Waals surface area (Å²) in [6.07, 6.45) is 7.03. The smallest absolute Gasteiger partial charge is 0.0672 e. The molecule has 3 N–H and O–H groups in total. The molecule has 0 spiro atoms. The van der Waals surface area contributed by atoms with Crippen LogP contribution >= 0.6 is 0 Å². The van der Waals surface area contributed by atoms with Crippen molar-refractivity contribution in [1.29, 1.82) is 0 Å². The zero-order valence-corrected chi connectivity index (χ0v) is 11.7. The van der Waals surface area contributed by atoms with E-state index < -0.39 is 0 Å². The predicted molar refractivity (Wildman–Crippen MR) is 80.3 cm³/mol. The topological polar surface area (TPSA) is 57.9 Å². The van der Waals surface area contributed by atoms with Crippen molar-refractivity contribution in [2.75, 3.05) is 17.7 Å². The van der Waals surface area contributed by atoms with E-state index in [1.165, 1.54) is 25.7 Å². The fourth-order valence-corrected chi connectivity index (χ4v) is 3.25.